The molecule has 1 aromatic heterocycles. The highest BCUT2D eigenvalue weighted by Gasteiger charge is 2.09. The molecule has 0 fully saturated rings. The molecule has 5 nitrogen and oxygen atoms in total. The largest absolute Gasteiger partial charge is 0.398 e. The number of aryl methyl sites for hydroxylation is 2. The van der Waals surface area contributed by atoms with Gasteiger partial charge in [0, 0.05) is 11.9 Å². The first-order valence-corrected chi connectivity index (χ1v) is 5.98. The first-order chi connectivity index (χ1) is 9.06. The lowest BCUT2D eigenvalue weighted by Crippen LogP contribution is -2.24. The maximum absolute atomic E-state index is 12.0. The first-order valence-electron chi connectivity index (χ1n) is 5.98. The van der Waals surface area contributed by atoms with E-state index in [2.05, 4.69) is 15.3 Å². The summed E-state index contributed by atoms with van der Waals surface area (Å²) in [6.07, 6.45) is 3.32. The van der Waals surface area contributed by atoms with E-state index in [1.165, 1.54) is 0 Å². The first kappa shape index (κ1) is 13.0. The fraction of sp³-hybridized carbons (Fsp3) is 0.214. The minimum absolute atomic E-state index is 0.205. The molecule has 1 aromatic carbocycles. The molecule has 0 aliphatic heterocycles. The van der Waals surface area contributed by atoms with Gasteiger partial charge in [0.2, 0.25) is 0 Å². The Hall–Kier alpha value is -2.43. The zero-order valence-corrected chi connectivity index (χ0v) is 11.0. The van der Waals surface area contributed by atoms with E-state index in [4.69, 9.17) is 5.73 Å². The number of nitrogens with zero attached hydrogens (tertiary/aromatic N) is 2. The van der Waals surface area contributed by atoms with Gasteiger partial charge in [0.25, 0.3) is 5.91 Å². The Morgan fingerprint density at radius 1 is 1.26 bits per heavy atom. The van der Waals surface area contributed by atoms with E-state index in [0.29, 0.717) is 23.5 Å². The maximum Gasteiger partial charge on any atom is 0.253 e. The molecule has 1 heterocycles. The number of nitrogens with one attached hydrogen (secondary N) is 1. The normalized spacial score (nSPS) is 10.2. The van der Waals surface area contributed by atoms with E-state index in [0.717, 1.165) is 11.3 Å². The number of amides is 1. The Bertz CT molecular complexity index is 593. The maximum atomic E-state index is 12.0. The van der Waals surface area contributed by atoms with Gasteiger partial charge in [-0.05, 0) is 26.0 Å². The fourth-order valence-corrected chi connectivity index (χ4v) is 1.64. The van der Waals surface area contributed by atoms with E-state index >= 15 is 0 Å². The second-order valence-corrected chi connectivity index (χ2v) is 4.42. The molecule has 1 amide bonds. The number of hydrogen-bond donors (Lipinski definition) is 2. The second-order valence-electron chi connectivity index (χ2n) is 4.42. The van der Waals surface area contributed by atoms with Crippen molar-refractivity contribution in [3.8, 4) is 0 Å². The van der Waals surface area contributed by atoms with E-state index in [9.17, 15) is 4.79 Å². The average molecular weight is 256 g/mol. The fourth-order valence-electron chi connectivity index (χ4n) is 1.64. The van der Waals surface area contributed by atoms with Crippen LogP contribution in [0.1, 0.15) is 27.3 Å². The van der Waals surface area contributed by atoms with Gasteiger partial charge in [-0.3, -0.25) is 14.8 Å². The van der Waals surface area contributed by atoms with Crippen molar-refractivity contribution in [3.63, 3.8) is 0 Å². The highest BCUT2D eigenvalue weighted by molar-refractivity contribution is 5.99. The van der Waals surface area contributed by atoms with Crippen LogP contribution in [0.4, 0.5) is 5.69 Å². The van der Waals surface area contributed by atoms with Gasteiger partial charge in [0.1, 0.15) is 0 Å². The average Bonchev–Trinajstić information content (AvgIpc) is 2.40. The number of rotatable bonds is 3. The van der Waals surface area contributed by atoms with Crippen molar-refractivity contribution in [3.05, 3.63) is 53.1 Å². The van der Waals surface area contributed by atoms with E-state index in [1.807, 2.05) is 19.9 Å². The van der Waals surface area contributed by atoms with Gasteiger partial charge in [0.05, 0.1) is 29.7 Å². The summed E-state index contributed by atoms with van der Waals surface area (Å²) in [5.41, 5.74) is 9.30. The van der Waals surface area contributed by atoms with Crippen LogP contribution in [0, 0.1) is 13.8 Å². The number of hydrogen-bond acceptors (Lipinski definition) is 4. The molecule has 0 saturated carbocycles. The quantitative estimate of drug-likeness (QED) is 0.817. The SMILES string of the molecule is Cc1ccc(N)c(C(=O)NCc2cnc(C)cn2)c1. The third kappa shape index (κ3) is 3.28. The summed E-state index contributed by atoms with van der Waals surface area (Å²) in [6.45, 7) is 4.12. The molecule has 0 radical (unpaired) electrons. The topological polar surface area (TPSA) is 80.9 Å². The van der Waals surface area contributed by atoms with Gasteiger partial charge in [-0.15, -0.1) is 0 Å². The highest BCUT2D eigenvalue weighted by atomic mass is 16.1. The lowest BCUT2D eigenvalue weighted by Gasteiger charge is -2.08. The zero-order chi connectivity index (χ0) is 13.8. The van der Waals surface area contributed by atoms with Crippen LogP contribution in [0.3, 0.4) is 0 Å². The van der Waals surface area contributed by atoms with Crippen LogP contribution in [-0.4, -0.2) is 15.9 Å². The van der Waals surface area contributed by atoms with Crippen LogP contribution in [0.2, 0.25) is 0 Å². The molecule has 0 unspecified atom stereocenters. The van der Waals surface area contributed by atoms with Crippen LogP contribution in [0.5, 0.6) is 0 Å². The predicted octanol–water partition coefficient (Wildman–Crippen LogP) is 1.61. The van der Waals surface area contributed by atoms with Crippen molar-refractivity contribution < 1.29 is 4.79 Å². The zero-order valence-electron chi connectivity index (χ0n) is 11.0. The van der Waals surface area contributed by atoms with Gasteiger partial charge in [-0.1, -0.05) is 11.6 Å². The summed E-state index contributed by atoms with van der Waals surface area (Å²) >= 11 is 0. The van der Waals surface area contributed by atoms with Crippen molar-refractivity contribution in [1.82, 2.24) is 15.3 Å². The van der Waals surface area contributed by atoms with Gasteiger partial charge < -0.3 is 11.1 Å². The van der Waals surface area contributed by atoms with E-state index in [1.54, 1.807) is 24.5 Å². The molecule has 0 spiro atoms. The van der Waals surface area contributed by atoms with Crippen molar-refractivity contribution in [2.75, 3.05) is 5.73 Å². The number of nitrogen functional groups attached to an aromatic ring is 1. The number of benzene rings is 1. The second kappa shape index (κ2) is 5.48. The van der Waals surface area contributed by atoms with E-state index < -0.39 is 0 Å². The Morgan fingerprint density at radius 3 is 2.74 bits per heavy atom. The number of aromatic nitrogens is 2. The molecule has 5 heteroatoms. The standard InChI is InChI=1S/C14H16N4O/c1-9-3-4-13(15)12(5-9)14(19)18-8-11-7-16-10(2)6-17-11/h3-7H,8,15H2,1-2H3,(H,18,19). The molecule has 0 saturated heterocycles. The molecule has 2 aromatic rings. The molecule has 19 heavy (non-hydrogen) atoms. The monoisotopic (exact) mass is 256 g/mol. The van der Waals surface area contributed by atoms with Crippen molar-refractivity contribution in [2.45, 2.75) is 20.4 Å². The smallest absolute Gasteiger partial charge is 0.253 e. The number of nitrogens with two attached hydrogens (primary N) is 1. The lowest BCUT2D eigenvalue weighted by molar-refractivity contribution is 0.0951. The Labute approximate surface area is 111 Å². The third-order valence-corrected chi connectivity index (χ3v) is 2.72. The molecule has 0 bridgehead atoms. The summed E-state index contributed by atoms with van der Waals surface area (Å²) in [5.74, 6) is -0.205. The van der Waals surface area contributed by atoms with Crippen molar-refractivity contribution in [1.29, 1.82) is 0 Å². The Kier molecular flexibility index (Phi) is 3.75. The predicted molar refractivity (Wildman–Crippen MR) is 73.5 cm³/mol. The Balaban J connectivity index is 2.05. The molecule has 98 valence electrons. The number of carbonyl (C=O) groups is 1. The molecule has 0 aliphatic carbocycles. The highest BCUT2D eigenvalue weighted by Crippen LogP contribution is 2.13. The van der Waals surface area contributed by atoms with E-state index in [-0.39, 0.29) is 5.91 Å². The van der Waals surface area contributed by atoms with Gasteiger partial charge in [-0.25, -0.2) is 0 Å². The van der Waals surface area contributed by atoms with Crippen molar-refractivity contribution in [2.24, 2.45) is 0 Å². The third-order valence-electron chi connectivity index (χ3n) is 2.72. The summed E-state index contributed by atoms with van der Waals surface area (Å²) in [4.78, 5) is 20.3. The van der Waals surface area contributed by atoms with Crippen LogP contribution in [0.15, 0.2) is 30.6 Å². The molecule has 3 N–H and O–H groups in total. The van der Waals surface area contributed by atoms with Crippen molar-refractivity contribution >= 4 is 11.6 Å². The van der Waals surface area contributed by atoms with Crippen LogP contribution in [-0.2, 0) is 6.54 Å². The molecule has 0 aliphatic rings. The minimum Gasteiger partial charge on any atom is -0.398 e. The summed E-state index contributed by atoms with van der Waals surface area (Å²) < 4.78 is 0. The summed E-state index contributed by atoms with van der Waals surface area (Å²) in [5, 5.41) is 2.78. The molecular formula is C14H16N4O. The summed E-state index contributed by atoms with van der Waals surface area (Å²) in [6, 6.07) is 5.37. The van der Waals surface area contributed by atoms with Crippen LogP contribution >= 0.6 is 0 Å². The molecule has 2 rings (SSSR count). The van der Waals surface area contributed by atoms with Gasteiger partial charge in [-0.2, -0.15) is 0 Å². The molecular weight excluding hydrogens is 240 g/mol. The Morgan fingerprint density at radius 2 is 2.05 bits per heavy atom. The number of anilines is 1. The molecule has 0 atom stereocenters. The summed E-state index contributed by atoms with van der Waals surface area (Å²) in [7, 11) is 0. The number of carbonyl (C=O) groups excluding carboxylic acids is 1. The lowest BCUT2D eigenvalue weighted by atomic mass is 10.1. The van der Waals surface area contributed by atoms with Gasteiger partial charge >= 0.3 is 0 Å². The van der Waals surface area contributed by atoms with Crippen LogP contribution < -0.4 is 11.1 Å². The minimum atomic E-state index is -0.205. The van der Waals surface area contributed by atoms with Crippen LogP contribution in [0.25, 0.3) is 0 Å². The van der Waals surface area contributed by atoms with Gasteiger partial charge in [0.15, 0.2) is 0 Å².